The molecule has 0 aliphatic heterocycles. The van der Waals surface area contributed by atoms with Crippen LogP contribution in [0.4, 0.5) is 16.2 Å². The Labute approximate surface area is 110 Å². The molecule has 19 heavy (non-hydrogen) atoms. The zero-order valence-electron chi connectivity index (χ0n) is 10.1. The zero-order valence-corrected chi connectivity index (χ0v) is 10.1. The van der Waals surface area contributed by atoms with Gasteiger partial charge < -0.3 is 15.9 Å². The van der Waals surface area contributed by atoms with Crippen molar-refractivity contribution >= 4 is 23.7 Å². The Balaban J connectivity index is 2.05. The zero-order chi connectivity index (χ0) is 13.7. The Morgan fingerprint density at radius 2 is 1.95 bits per heavy atom. The lowest BCUT2D eigenvalue weighted by atomic mass is 10.2. The molecule has 0 spiro atoms. The number of para-hydroxylation sites is 1. The molecule has 5 heteroatoms. The van der Waals surface area contributed by atoms with E-state index < -0.39 is 6.09 Å². The van der Waals surface area contributed by atoms with Crippen molar-refractivity contribution in [1.29, 1.82) is 5.41 Å². The van der Waals surface area contributed by atoms with E-state index in [1.54, 1.807) is 42.5 Å². The van der Waals surface area contributed by atoms with Crippen LogP contribution >= 0.6 is 0 Å². The molecule has 0 aliphatic rings. The van der Waals surface area contributed by atoms with Crippen molar-refractivity contribution in [2.75, 3.05) is 11.1 Å². The second kappa shape index (κ2) is 5.68. The molecule has 0 aromatic heterocycles. The van der Waals surface area contributed by atoms with Crippen LogP contribution in [0.15, 0.2) is 48.5 Å². The summed E-state index contributed by atoms with van der Waals surface area (Å²) in [6.45, 7) is 0. The SMILES string of the molecule is N=Cc1cc(NC(=O)Oc2ccccc2)ccc1N. The van der Waals surface area contributed by atoms with Crippen LogP contribution in [0.25, 0.3) is 0 Å². The Morgan fingerprint density at radius 3 is 2.63 bits per heavy atom. The van der Waals surface area contributed by atoms with Crippen molar-refractivity contribution < 1.29 is 9.53 Å². The summed E-state index contributed by atoms with van der Waals surface area (Å²) in [6, 6.07) is 13.6. The molecular formula is C14H13N3O2. The summed E-state index contributed by atoms with van der Waals surface area (Å²) in [4.78, 5) is 11.6. The molecule has 4 N–H and O–H groups in total. The van der Waals surface area contributed by atoms with E-state index in [2.05, 4.69) is 5.32 Å². The van der Waals surface area contributed by atoms with Crippen LogP contribution < -0.4 is 15.8 Å². The molecule has 0 bridgehead atoms. The molecular weight excluding hydrogens is 242 g/mol. The number of anilines is 2. The predicted octanol–water partition coefficient (Wildman–Crippen LogP) is 2.88. The number of carbonyl (C=O) groups is 1. The number of nitrogens with one attached hydrogen (secondary N) is 2. The first-order valence-corrected chi connectivity index (χ1v) is 5.63. The number of ether oxygens (including phenoxy) is 1. The van der Waals surface area contributed by atoms with Gasteiger partial charge in [0.25, 0.3) is 0 Å². The first-order valence-electron chi connectivity index (χ1n) is 5.63. The van der Waals surface area contributed by atoms with Crippen LogP contribution in [0.2, 0.25) is 0 Å². The second-order valence-corrected chi connectivity index (χ2v) is 3.82. The molecule has 0 saturated heterocycles. The summed E-state index contributed by atoms with van der Waals surface area (Å²) in [6.07, 6.45) is 0.537. The van der Waals surface area contributed by atoms with E-state index in [0.29, 0.717) is 22.7 Å². The van der Waals surface area contributed by atoms with E-state index in [-0.39, 0.29) is 0 Å². The number of amides is 1. The number of carbonyl (C=O) groups excluding carboxylic acids is 1. The van der Waals surface area contributed by atoms with Crippen LogP contribution in [-0.2, 0) is 0 Å². The van der Waals surface area contributed by atoms with Crippen molar-refractivity contribution in [3.05, 3.63) is 54.1 Å². The van der Waals surface area contributed by atoms with Crippen molar-refractivity contribution in [2.24, 2.45) is 0 Å². The van der Waals surface area contributed by atoms with Gasteiger partial charge in [-0.3, -0.25) is 5.32 Å². The molecule has 0 heterocycles. The summed E-state index contributed by atoms with van der Waals surface area (Å²) in [7, 11) is 0. The Hall–Kier alpha value is -2.82. The van der Waals surface area contributed by atoms with Crippen molar-refractivity contribution in [1.82, 2.24) is 0 Å². The highest BCUT2D eigenvalue weighted by Crippen LogP contribution is 2.17. The summed E-state index contributed by atoms with van der Waals surface area (Å²) >= 11 is 0. The first-order chi connectivity index (χ1) is 9.19. The molecule has 2 aromatic carbocycles. The first kappa shape index (κ1) is 12.6. The monoisotopic (exact) mass is 255 g/mol. The smallest absolute Gasteiger partial charge is 0.410 e. The minimum atomic E-state index is -0.591. The summed E-state index contributed by atoms with van der Waals surface area (Å²) < 4.78 is 5.08. The lowest BCUT2D eigenvalue weighted by Crippen LogP contribution is -2.16. The second-order valence-electron chi connectivity index (χ2n) is 3.82. The number of rotatable bonds is 3. The van der Waals surface area contributed by atoms with E-state index in [9.17, 15) is 4.79 Å². The van der Waals surface area contributed by atoms with Crippen LogP contribution in [0.1, 0.15) is 5.56 Å². The maximum atomic E-state index is 11.6. The highest BCUT2D eigenvalue weighted by molar-refractivity contribution is 5.91. The Morgan fingerprint density at radius 1 is 1.21 bits per heavy atom. The maximum absolute atomic E-state index is 11.6. The van der Waals surface area contributed by atoms with Crippen molar-refractivity contribution in [2.45, 2.75) is 0 Å². The predicted molar refractivity (Wildman–Crippen MR) is 74.8 cm³/mol. The van der Waals surface area contributed by atoms with E-state index in [1.807, 2.05) is 6.07 Å². The molecule has 0 fully saturated rings. The van der Waals surface area contributed by atoms with Gasteiger partial charge in [0.2, 0.25) is 0 Å². The number of nitrogens with two attached hydrogens (primary N) is 1. The lowest BCUT2D eigenvalue weighted by molar-refractivity contribution is 0.215. The standard InChI is InChI=1S/C14H13N3O2/c15-9-10-8-11(6-7-13(10)16)17-14(18)19-12-4-2-1-3-5-12/h1-9,15H,16H2,(H,17,18). The maximum Gasteiger partial charge on any atom is 0.417 e. The molecule has 1 amide bonds. The summed E-state index contributed by atoms with van der Waals surface area (Å²) in [5.74, 6) is 0.461. The number of benzene rings is 2. The van der Waals surface area contributed by atoms with E-state index in [0.717, 1.165) is 6.21 Å². The molecule has 0 aliphatic carbocycles. The van der Waals surface area contributed by atoms with Gasteiger partial charge in [-0.25, -0.2) is 4.79 Å². The minimum Gasteiger partial charge on any atom is -0.410 e. The number of hydrogen-bond donors (Lipinski definition) is 3. The van der Waals surface area contributed by atoms with Gasteiger partial charge in [-0.1, -0.05) is 18.2 Å². The third-order valence-electron chi connectivity index (χ3n) is 2.44. The van der Waals surface area contributed by atoms with E-state index in [4.69, 9.17) is 15.9 Å². The van der Waals surface area contributed by atoms with Gasteiger partial charge in [0.1, 0.15) is 5.75 Å². The van der Waals surface area contributed by atoms with Crippen LogP contribution in [-0.4, -0.2) is 12.3 Å². The quantitative estimate of drug-likeness (QED) is 0.582. The van der Waals surface area contributed by atoms with Gasteiger partial charge in [-0.15, -0.1) is 0 Å². The van der Waals surface area contributed by atoms with Gasteiger partial charge in [0.05, 0.1) is 0 Å². The highest BCUT2D eigenvalue weighted by Gasteiger charge is 2.06. The molecule has 2 aromatic rings. The number of nitrogen functional groups attached to an aromatic ring is 1. The van der Waals surface area contributed by atoms with E-state index in [1.165, 1.54) is 0 Å². The molecule has 5 nitrogen and oxygen atoms in total. The summed E-state index contributed by atoms with van der Waals surface area (Å²) in [5.41, 5.74) is 7.20. The fraction of sp³-hybridized carbons (Fsp3) is 0. The Bertz CT molecular complexity index is 597. The van der Waals surface area contributed by atoms with Crippen molar-refractivity contribution in [3.8, 4) is 5.75 Å². The van der Waals surface area contributed by atoms with Gasteiger partial charge >= 0.3 is 6.09 Å². The van der Waals surface area contributed by atoms with Gasteiger partial charge in [0.15, 0.2) is 0 Å². The normalized spacial score (nSPS) is 9.68. The lowest BCUT2D eigenvalue weighted by Gasteiger charge is -2.08. The summed E-state index contributed by atoms with van der Waals surface area (Å²) in [5, 5.41) is 9.77. The van der Waals surface area contributed by atoms with Gasteiger partial charge in [-0.05, 0) is 30.3 Å². The highest BCUT2D eigenvalue weighted by atomic mass is 16.6. The Kier molecular flexibility index (Phi) is 3.78. The van der Waals surface area contributed by atoms with Gasteiger partial charge in [0, 0.05) is 23.2 Å². The van der Waals surface area contributed by atoms with Crippen molar-refractivity contribution in [3.63, 3.8) is 0 Å². The molecule has 96 valence electrons. The fourth-order valence-corrected chi connectivity index (χ4v) is 1.52. The largest absolute Gasteiger partial charge is 0.417 e. The fourth-order valence-electron chi connectivity index (χ4n) is 1.52. The minimum absolute atomic E-state index is 0.461. The molecule has 0 saturated carbocycles. The molecule has 0 atom stereocenters. The number of hydrogen-bond acceptors (Lipinski definition) is 4. The van der Waals surface area contributed by atoms with Crippen LogP contribution in [0.3, 0.4) is 0 Å². The average molecular weight is 255 g/mol. The topological polar surface area (TPSA) is 88.2 Å². The molecule has 2 rings (SSSR count). The third kappa shape index (κ3) is 3.32. The van der Waals surface area contributed by atoms with Gasteiger partial charge in [-0.2, -0.15) is 0 Å². The third-order valence-corrected chi connectivity index (χ3v) is 2.44. The van der Waals surface area contributed by atoms with E-state index >= 15 is 0 Å². The average Bonchev–Trinajstić information content (AvgIpc) is 2.42. The van der Waals surface area contributed by atoms with Crippen LogP contribution in [0.5, 0.6) is 5.75 Å². The molecule has 0 unspecified atom stereocenters. The molecule has 0 radical (unpaired) electrons. The van der Waals surface area contributed by atoms with Crippen LogP contribution in [0, 0.1) is 5.41 Å².